The van der Waals surface area contributed by atoms with Crippen molar-refractivity contribution in [3.8, 4) is 0 Å². The smallest absolute Gasteiger partial charge is 0.162 e. The molecule has 0 unspecified atom stereocenters. The highest BCUT2D eigenvalue weighted by atomic mass is 16.7. The average Bonchev–Trinajstić information content (AvgIpc) is 2.61. The van der Waals surface area contributed by atoms with Crippen LogP contribution in [0.1, 0.15) is 39.5 Å². The molecule has 1 aliphatic carbocycles. The Hall–Kier alpha value is -0.120. The van der Waals surface area contributed by atoms with E-state index < -0.39 is 0 Å². The first-order valence-electron chi connectivity index (χ1n) is 5.70. The molecule has 2 aliphatic rings. The summed E-state index contributed by atoms with van der Waals surface area (Å²) in [5.41, 5.74) is 0. The van der Waals surface area contributed by atoms with Gasteiger partial charge in [0.25, 0.3) is 0 Å². The lowest BCUT2D eigenvalue weighted by atomic mass is 10.2. The van der Waals surface area contributed by atoms with E-state index in [0.29, 0.717) is 12.1 Å². The van der Waals surface area contributed by atoms with E-state index in [9.17, 15) is 0 Å². The van der Waals surface area contributed by atoms with Gasteiger partial charge in [0.05, 0.1) is 19.3 Å². The fourth-order valence-corrected chi connectivity index (χ4v) is 2.21. The van der Waals surface area contributed by atoms with E-state index in [0.717, 1.165) is 13.2 Å². The van der Waals surface area contributed by atoms with Crippen molar-refractivity contribution in [2.24, 2.45) is 0 Å². The van der Waals surface area contributed by atoms with Crippen LogP contribution in [0.4, 0.5) is 0 Å². The van der Waals surface area contributed by atoms with E-state index in [4.69, 9.17) is 9.47 Å². The van der Waals surface area contributed by atoms with Crippen LogP contribution in [0.5, 0.6) is 0 Å². The van der Waals surface area contributed by atoms with Gasteiger partial charge in [0, 0.05) is 6.04 Å². The molecule has 1 aliphatic heterocycles. The molecule has 0 aromatic carbocycles. The molecule has 1 saturated carbocycles. The van der Waals surface area contributed by atoms with Crippen LogP contribution >= 0.6 is 0 Å². The van der Waals surface area contributed by atoms with Crippen molar-refractivity contribution in [3.05, 3.63) is 0 Å². The SMILES string of the molecule is CC1(C)OCC(NC2CCCC2)CO1. The molecule has 0 atom stereocenters. The summed E-state index contributed by atoms with van der Waals surface area (Å²) in [7, 11) is 0. The molecule has 1 N–H and O–H groups in total. The number of nitrogens with one attached hydrogen (secondary N) is 1. The third-order valence-electron chi connectivity index (χ3n) is 3.09. The minimum Gasteiger partial charge on any atom is -0.349 e. The van der Waals surface area contributed by atoms with Gasteiger partial charge in [-0.25, -0.2) is 0 Å². The molecule has 1 heterocycles. The van der Waals surface area contributed by atoms with E-state index in [1.807, 2.05) is 13.8 Å². The molecule has 3 nitrogen and oxygen atoms in total. The summed E-state index contributed by atoms with van der Waals surface area (Å²) in [5.74, 6) is -0.381. The largest absolute Gasteiger partial charge is 0.349 e. The van der Waals surface area contributed by atoms with Gasteiger partial charge < -0.3 is 14.8 Å². The Balaban J connectivity index is 1.72. The highest BCUT2D eigenvalue weighted by Crippen LogP contribution is 2.21. The summed E-state index contributed by atoms with van der Waals surface area (Å²) in [4.78, 5) is 0. The van der Waals surface area contributed by atoms with Crippen LogP contribution in [0.15, 0.2) is 0 Å². The minimum absolute atomic E-state index is 0.381. The Kier molecular flexibility index (Phi) is 3.10. The Morgan fingerprint density at radius 1 is 1.00 bits per heavy atom. The zero-order valence-electron chi connectivity index (χ0n) is 9.21. The number of rotatable bonds is 2. The van der Waals surface area contributed by atoms with E-state index >= 15 is 0 Å². The third kappa shape index (κ3) is 2.69. The predicted octanol–water partition coefficient (Wildman–Crippen LogP) is 1.67. The van der Waals surface area contributed by atoms with Gasteiger partial charge in [-0.15, -0.1) is 0 Å². The normalized spacial score (nSPS) is 29.6. The molecule has 0 aromatic heterocycles. The first-order chi connectivity index (χ1) is 6.66. The molecule has 0 amide bonds. The first-order valence-corrected chi connectivity index (χ1v) is 5.70. The summed E-state index contributed by atoms with van der Waals surface area (Å²) in [6.45, 7) is 5.50. The molecule has 3 heteroatoms. The Labute approximate surface area is 86.2 Å². The minimum atomic E-state index is -0.381. The molecule has 0 bridgehead atoms. The number of hydrogen-bond acceptors (Lipinski definition) is 3. The summed E-state index contributed by atoms with van der Waals surface area (Å²) in [6.07, 6.45) is 5.38. The molecule has 0 spiro atoms. The van der Waals surface area contributed by atoms with Gasteiger partial charge in [0.2, 0.25) is 0 Å². The van der Waals surface area contributed by atoms with Gasteiger partial charge in [-0.1, -0.05) is 12.8 Å². The van der Waals surface area contributed by atoms with E-state index in [1.54, 1.807) is 0 Å². The highest BCUT2D eigenvalue weighted by molar-refractivity contribution is 4.80. The Morgan fingerprint density at radius 3 is 2.14 bits per heavy atom. The molecule has 0 aromatic rings. The van der Waals surface area contributed by atoms with E-state index in [1.165, 1.54) is 25.7 Å². The van der Waals surface area contributed by atoms with Crippen LogP contribution in [-0.4, -0.2) is 31.1 Å². The second-order valence-corrected chi connectivity index (χ2v) is 4.87. The maximum Gasteiger partial charge on any atom is 0.162 e. The van der Waals surface area contributed by atoms with Crippen molar-refractivity contribution in [2.45, 2.75) is 57.4 Å². The molecule has 2 fully saturated rings. The van der Waals surface area contributed by atoms with Gasteiger partial charge in [0.1, 0.15) is 0 Å². The van der Waals surface area contributed by atoms with Crippen molar-refractivity contribution >= 4 is 0 Å². The van der Waals surface area contributed by atoms with Crippen LogP contribution < -0.4 is 5.32 Å². The van der Waals surface area contributed by atoms with Crippen LogP contribution in [-0.2, 0) is 9.47 Å². The second kappa shape index (κ2) is 4.17. The van der Waals surface area contributed by atoms with Crippen LogP contribution in [0.2, 0.25) is 0 Å². The average molecular weight is 199 g/mol. The number of hydrogen-bond donors (Lipinski definition) is 1. The van der Waals surface area contributed by atoms with Crippen molar-refractivity contribution < 1.29 is 9.47 Å². The summed E-state index contributed by atoms with van der Waals surface area (Å²) >= 11 is 0. The lowest BCUT2D eigenvalue weighted by Crippen LogP contribution is -2.50. The summed E-state index contributed by atoms with van der Waals surface area (Å²) < 4.78 is 11.2. The van der Waals surface area contributed by atoms with Crippen molar-refractivity contribution in [1.82, 2.24) is 5.32 Å². The van der Waals surface area contributed by atoms with Crippen LogP contribution in [0, 0.1) is 0 Å². The molecular weight excluding hydrogens is 178 g/mol. The highest BCUT2D eigenvalue weighted by Gasteiger charge is 2.29. The lowest BCUT2D eigenvalue weighted by Gasteiger charge is -2.36. The number of ether oxygens (including phenoxy) is 2. The van der Waals surface area contributed by atoms with Gasteiger partial charge in [-0.3, -0.25) is 0 Å². The lowest BCUT2D eigenvalue weighted by molar-refractivity contribution is -0.253. The van der Waals surface area contributed by atoms with Crippen molar-refractivity contribution in [1.29, 1.82) is 0 Å². The van der Waals surface area contributed by atoms with Gasteiger partial charge in [-0.05, 0) is 26.7 Å². The first kappa shape index (κ1) is 10.4. The fourth-order valence-electron chi connectivity index (χ4n) is 2.21. The van der Waals surface area contributed by atoms with E-state index in [2.05, 4.69) is 5.32 Å². The predicted molar refractivity (Wildman–Crippen MR) is 55.2 cm³/mol. The maximum atomic E-state index is 5.60. The summed E-state index contributed by atoms with van der Waals surface area (Å²) in [5, 5.41) is 3.61. The molecule has 1 saturated heterocycles. The van der Waals surface area contributed by atoms with Crippen molar-refractivity contribution in [3.63, 3.8) is 0 Å². The van der Waals surface area contributed by atoms with Gasteiger partial charge in [0.15, 0.2) is 5.79 Å². The molecule has 0 radical (unpaired) electrons. The van der Waals surface area contributed by atoms with Gasteiger partial charge in [-0.2, -0.15) is 0 Å². The summed E-state index contributed by atoms with van der Waals surface area (Å²) in [6, 6.07) is 1.10. The second-order valence-electron chi connectivity index (χ2n) is 4.87. The third-order valence-corrected chi connectivity index (χ3v) is 3.09. The quantitative estimate of drug-likeness (QED) is 0.734. The van der Waals surface area contributed by atoms with Crippen LogP contribution in [0.25, 0.3) is 0 Å². The Bertz CT molecular complexity index is 178. The van der Waals surface area contributed by atoms with Crippen molar-refractivity contribution in [2.75, 3.05) is 13.2 Å². The standard InChI is InChI=1S/C11H21NO2/c1-11(2)13-7-10(8-14-11)12-9-5-3-4-6-9/h9-10,12H,3-8H2,1-2H3. The molecule has 82 valence electrons. The zero-order valence-corrected chi connectivity index (χ0v) is 9.21. The molecule has 2 rings (SSSR count). The fraction of sp³-hybridized carbons (Fsp3) is 1.00. The molecule has 14 heavy (non-hydrogen) atoms. The van der Waals surface area contributed by atoms with Crippen LogP contribution in [0.3, 0.4) is 0 Å². The topological polar surface area (TPSA) is 30.5 Å². The molecular formula is C11H21NO2. The Morgan fingerprint density at radius 2 is 1.57 bits per heavy atom. The van der Waals surface area contributed by atoms with Gasteiger partial charge >= 0.3 is 0 Å². The monoisotopic (exact) mass is 199 g/mol. The zero-order chi connectivity index (χ0) is 10.0. The van der Waals surface area contributed by atoms with E-state index in [-0.39, 0.29) is 5.79 Å². The maximum absolute atomic E-state index is 5.60.